The molecule has 112 valence electrons. The molecule has 4 nitrogen and oxygen atoms in total. The van der Waals surface area contributed by atoms with E-state index in [0.717, 1.165) is 17.8 Å². The molecular formula is C18H19N3O. The van der Waals surface area contributed by atoms with Crippen LogP contribution in [-0.2, 0) is 0 Å². The number of carbonyl (C=O) groups is 1. The first kappa shape index (κ1) is 13.4. The third-order valence-corrected chi connectivity index (χ3v) is 5.03. The third-order valence-electron chi connectivity index (χ3n) is 5.03. The van der Waals surface area contributed by atoms with E-state index in [1.54, 1.807) is 0 Å². The largest absolute Gasteiger partial charge is 0.348 e. The van der Waals surface area contributed by atoms with Crippen molar-refractivity contribution in [3.8, 4) is 12.3 Å². The Labute approximate surface area is 130 Å². The molecule has 2 aromatic heterocycles. The number of hydrogen-bond donors (Lipinski definition) is 1. The van der Waals surface area contributed by atoms with Crippen molar-refractivity contribution in [1.82, 2.24) is 14.6 Å². The summed E-state index contributed by atoms with van der Waals surface area (Å²) in [6.45, 7) is 3.34. The van der Waals surface area contributed by atoms with Crippen LogP contribution in [0.4, 0.5) is 0 Å². The number of hydrogen-bond acceptors (Lipinski definition) is 2. The highest BCUT2D eigenvalue weighted by Gasteiger charge is 2.34. The summed E-state index contributed by atoms with van der Waals surface area (Å²) in [7, 11) is 0. The molecule has 0 radical (unpaired) electrons. The van der Waals surface area contributed by atoms with Gasteiger partial charge >= 0.3 is 0 Å². The second-order valence-electron chi connectivity index (χ2n) is 6.29. The molecule has 1 amide bonds. The number of piperidine rings is 3. The first-order valence-corrected chi connectivity index (χ1v) is 7.85. The van der Waals surface area contributed by atoms with E-state index >= 15 is 0 Å². The normalized spacial score (nSPS) is 26.8. The molecule has 3 aliphatic rings. The number of amides is 1. The van der Waals surface area contributed by atoms with E-state index in [9.17, 15) is 4.79 Å². The smallest absolute Gasteiger partial charge is 0.253 e. The fourth-order valence-electron chi connectivity index (χ4n) is 3.73. The number of aromatic nitrogens is 1. The van der Waals surface area contributed by atoms with E-state index in [-0.39, 0.29) is 11.9 Å². The third kappa shape index (κ3) is 2.18. The second-order valence-corrected chi connectivity index (χ2v) is 6.29. The van der Waals surface area contributed by atoms with Crippen molar-refractivity contribution in [3.63, 3.8) is 0 Å². The van der Waals surface area contributed by atoms with Gasteiger partial charge in [-0.2, -0.15) is 0 Å². The minimum atomic E-state index is -0.00248. The number of terminal acetylenes is 1. The summed E-state index contributed by atoms with van der Waals surface area (Å²) in [5.41, 5.74) is 2.44. The number of nitrogens with one attached hydrogen (secondary N) is 1. The van der Waals surface area contributed by atoms with E-state index in [0.29, 0.717) is 11.5 Å². The lowest BCUT2D eigenvalue weighted by Gasteiger charge is -2.44. The average molecular weight is 293 g/mol. The Hall–Kier alpha value is -2.25. The minimum absolute atomic E-state index is 0.00248. The van der Waals surface area contributed by atoms with Crippen molar-refractivity contribution in [1.29, 1.82) is 0 Å². The van der Waals surface area contributed by atoms with E-state index in [4.69, 9.17) is 6.42 Å². The maximum Gasteiger partial charge on any atom is 0.253 e. The van der Waals surface area contributed by atoms with Crippen molar-refractivity contribution in [2.75, 3.05) is 19.6 Å². The zero-order valence-corrected chi connectivity index (χ0v) is 12.5. The lowest BCUT2D eigenvalue weighted by Crippen LogP contribution is -2.57. The van der Waals surface area contributed by atoms with Crippen LogP contribution in [0, 0.1) is 18.3 Å². The predicted molar refractivity (Wildman–Crippen MR) is 85.8 cm³/mol. The fraction of sp³-hybridized carbons (Fsp3) is 0.389. The molecule has 5 heterocycles. The van der Waals surface area contributed by atoms with Crippen LogP contribution in [0.3, 0.4) is 0 Å². The highest BCUT2D eigenvalue weighted by Crippen LogP contribution is 2.27. The van der Waals surface area contributed by atoms with Crippen LogP contribution in [0.2, 0.25) is 0 Å². The molecule has 3 saturated heterocycles. The predicted octanol–water partition coefficient (Wildman–Crippen LogP) is 1.74. The fourth-order valence-corrected chi connectivity index (χ4v) is 3.73. The van der Waals surface area contributed by atoms with Gasteiger partial charge in [0.25, 0.3) is 5.91 Å². The van der Waals surface area contributed by atoms with Gasteiger partial charge in [-0.3, -0.25) is 4.79 Å². The standard InChI is InChI=1S/C18H19N3O/c1-2-15-5-6-16-4-3-14(11-21(15)16)18(22)19-17-12-20-9-7-13(17)8-10-20/h1,3-6,11,13,17H,7-10,12H2,(H,19,22). The van der Waals surface area contributed by atoms with Crippen LogP contribution in [0.1, 0.15) is 28.9 Å². The Morgan fingerprint density at radius 1 is 1.23 bits per heavy atom. The first-order chi connectivity index (χ1) is 10.7. The molecule has 1 unspecified atom stereocenters. The Morgan fingerprint density at radius 3 is 2.68 bits per heavy atom. The number of carbonyl (C=O) groups excluding carboxylic acids is 1. The van der Waals surface area contributed by atoms with Crippen LogP contribution in [0.15, 0.2) is 30.5 Å². The molecule has 0 saturated carbocycles. The van der Waals surface area contributed by atoms with E-state index in [2.05, 4.69) is 16.1 Å². The van der Waals surface area contributed by atoms with Crippen LogP contribution < -0.4 is 5.32 Å². The zero-order chi connectivity index (χ0) is 15.1. The monoisotopic (exact) mass is 293 g/mol. The molecule has 2 aromatic rings. The number of pyridine rings is 1. The average Bonchev–Trinajstić information content (AvgIpc) is 2.98. The molecule has 2 bridgehead atoms. The lowest BCUT2D eigenvalue weighted by atomic mass is 9.84. The van der Waals surface area contributed by atoms with Crippen molar-refractivity contribution in [2.45, 2.75) is 18.9 Å². The van der Waals surface area contributed by atoms with Gasteiger partial charge in [-0.25, -0.2) is 0 Å². The molecule has 4 heteroatoms. The molecule has 3 fully saturated rings. The summed E-state index contributed by atoms with van der Waals surface area (Å²) < 4.78 is 1.89. The molecule has 1 atom stereocenters. The summed E-state index contributed by atoms with van der Waals surface area (Å²) in [5, 5.41) is 3.22. The van der Waals surface area contributed by atoms with Crippen molar-refractivity contribution < 1.29 is 4.79 Å². The summed E-state index contributed by atoms with van der Waals surface area (Å²) in [6, 6.07) is 7.94. The van der Waals surface area contributed by atoms with Gasteiger partial charge in [0.05, 0.1) is 11.3 Å². The Bertz CT molecular complexity index is 762. The number of nitrogens with zero attached hydrogens (tertiary/aromatic N) is 2. The molecule has 3 aliphatic heterocycles. The summed E-state index contributed by atoms with van der Waals surface area (Å²) in [4.78, 5) is 15.0. The molecule has 0 aliphatic carbocycles. The van der Waals surface area contributed by atoms with Crippen molar-refractivity contribution in [2.24, 2.45) is 5.92 Å². The molecule has 0 spiro atoms. The Balaban J connectivity index is 1.56. The Morgan fingerprint density at radius 2 is 2.00 bits per heavy atom. The van der Waals surface area contributed by atoms with Gasteiger partial charge in [-0.05, 0) is 56.1 Å². The second kappa shape index (κ2) is 5.19. The maximum atomic E-state index is 12.6. The SMILES string of the molecule is C#Cc1ccc2ccc(C(=O)NC3CN4CCC3CC4)cn12. The van der Waals surface area contributed by atoms with Gasteiger partial charge < -0.3 is 14.6 Å². The topological polar surface area (TPSA) is 36.8 Å². The van der Waals surface area contributed by atoms with Crippen molar-refractivity contribution in [3.05, 3.63) is 41.7 Å². The zero-order valence-electron chi connectivity index (χ0n) is 12.5. The molecular weight excluding hydrogens is 274 g/mol. The van der Waals surface area contributed by atoms with Gasteiger partial charge in [0.15, 0.2) is 0 Å². The molecule has 5 rings (SSSR count). The number of rotatable bonds is 2. The minimum Gasteiger partial charge on any atom is -0.348 e. The van der Waals surface area contributed by atoms with Gasteiger partial charge in [-0.1, -0.05) is 5.92 Å². The molecule has 22 heavy (non-hydrogen) atoms. The van der Waals surface area contributed by atoms with Gasteiger partial charge in [0.2, 0.25) is 0 Å². The van der Waals surface area contributed by atoms with Crippen molar-refractivity contribution >= 4 is 11.4 Å². The quantitative estimate of drug-likeness (QED) is 0.856. The maximum absolute atomic E-state index is 12.6. The lowest BCUT2D eigenvalue weighted by molar-refractivity contribution is 0.0620. The van der Waals surface area contributed by atoms with Crippen LogP contribution in [0.25, 0.3) is 5.52 Å². The summed E-state index contributed by atoms with van der Waals surface area (Å²) >= 11 is 0. The van der Waals surface area contributed by atoms with E-state index < -0.39 is 0 Å². The van der Waals surface area contributed by atoms with Gasteiger partial charge in [0.1, 0.15) is 0 Å². The van der Waals surface area contributed by atoms with E-state index in [1.807, 2.05) is 34.9 Å². The highest BCUT2D eigenvalue weighted by atomic mass is 16.1. The van der Waals surface area contributed by atoms with E-state index in [1.165, 1.54) is 25.9 Å². The van der Waals surface area contributed by atoms with Crippen LogP contribution >= 0.6 is 0 Å². The first-order valence-electron chi connectivity index (χ1n) is 7.85. The summed E-state index contributed by atoms with van der Waals surface area (Å²) in [5.74, 6) is 3.27. The number of fused-ring (bicyclic) bond motifs is 4. The van der Waals surface area contributed by atoms with Crippen LogP contribution in [0.5, 0.6) is 0 Å². The Kier molecular flexibility index (Phi) is 3.16. The van der Waals surface area contributed by atoms with Crippen LogP contribution in [-0.4, -0.2) is 40.9 Å². The highest BCUT2D eigenvalue weighted by molar-refractivity contribution is 5.94. The molecule has 0 aromatic carbocycles. The van der Waals surface area contributed by atoms with Gasteiger partial charge in [0, 0.05) is 24.3 Å². The van der Waals surface area contributed by atoms with Gasteiger partial charge in [-0.15, -0.1) is 6.42 Å². The summed E-state index contributed by atoms with van der Waals surface area (Å²) in [6.07, 6.45) is 9.73. The molecule has 1 N–H and O–H groups in total.